The molecule has 3 rings (SSSR count). The molecule has 0 spiro atoms. The van der Waals surface area contributed by atoms with Crippen LogP contribution in [0.15, 0.2) is 53.4 Å². The second kappa shape index (κ2) is 10.1. The van der Waals surface area contributed by atoms with Gasteiger partial charge >= 0.3 is 11.9 Å². The van der Waals surface area contributed by atoms with Crippen molar-refractivity contribution < 1.29 is 33.8 Å². The maximum Gasteiger partial charge on any atom is 0.335 e. The summed E-state index contributed by atoms with van der Waals surface area (Å²) < 4.78 is 10.6. The number of thioether (sulfide) groups is 1. The number of rotatable bonds is 8. The van der Waals surface area contributed by atoms with Gasteiger partial charge in [-0.3, -0.25) is 14.5 Å². The zero-order chi connectivity index (χ0) is 23.3. The summed E-state index contributed by atoms with van der Waals surface area (Å²) in [4.78, 5) is 48.9. The normalized spacial score (nSPS) is 15.7. The van der Waals surface area contributed by atoms with Gasteiger partial charge in [0.15, 0.2) is 0 Å². The van der Waals surface area contributed by atoms with Crippen LogP contribution >= 0.6 is 11.8 Å². The number of esters is 1. The van der Waals surface area contributed by atoms with Crippen molar-refractivity contribution in [1.29, 1.82) is 0 Å². The van der Waals surface area contributed by atoms with Crippen LogP contribution in [0.2, 0.25) is 0 Å². The number of aromatic carboxylic acids is 1. The fourth-order valence-electron chi connectivity index (χ4n) is 2.95. The van der Waals surface area contributed by atoms with Crippen LogP contribution in [-0.2, 0) is 20.9 Å². The fraction of sp³-hybridized carbons (Fsp3) is 0.217. The number of hydrogen-bond acceptors (Lipinski definition) is 7. The average Bonchev–Trinajstić information content (AvgIpc) is 3.05. The molecule has 9 heteroatoms. The first-order valence-corrected chi connectivity index (χ1v) is 10.6. The number of carbonyl (C=O) groups is 4. The van der Waals surface area contributed by atoms with Gasteiger partial charge in [-0.05, 0) is 67.1 Å². The molecular formula is C23H21NO7S. The second-order valence-electron chi connectivity index (χ2n) is 6.84. The number of carboxylic acids is 1. The van der Waals surface area contributed by atoms with E-state index in [1.807, 2.05) is 0 Å². The summed E-state index contributed by atoms with van der Waals surface area (Å²) in [6.45, 7) is 3.47. The highest BCUT2D eigenvalue weighted by molar-refractivity contribution is 8.18. The first-order chi connectivity index (χ1) is 15.3. The van der Waals surface area contributed by atoms with Crippen LogP contribution in [0.5, 0.6) is 5.75 Å². The van der Waals surface area contributed by atoms with Crippen molar-refractivity contribution >= 4 is 40.9 Å². The number of imide groups is 1. The van der Waals surface area contributed by atoms with Gasteiger partial charge in [-0.1, -0.05) is 24.3 Å². The van der Waals surface area contributed by atoms with Gasteiger partial charge in [0, 0.05) is 0 Å². The molecule has 2 amide bonds. The molecule has 1 atom stereocenters. The first-order valence-electron chi connectivity index (χ1n) is 9.79. The third-order valence-electron chi connectivity index (χ3n) is 4.60. The Hall–Kier alpha value is -3.59. The van der Waals surface area contributed by atoms with Crippen molar-refractivity contribution in [3.8, 4) is 5.75 Å². The highest BCUT2D eigenvalue weighted by Crippen LogP contribution is 2.34. The maximum atomic E-state index is 12.6. The van der Waals surface area contributed by atoms with E-state index in [9.17, 15) is 19.2 Å². The first kappa shape index (κ1) is 23.1. The molecule has 2 aromatic carbocycles. The zero-order valence-electron chi connectivity index (χ0n) is 17.4. The quantitative estimate of drug-likeness (QED) is 0.471. The smallest absolute Gasteiger partial charge is 0.335 e. The predicted molar refractivity (Wildman–Crippen MR) is 118 cm³/mol. The van der Waals surface area contributed by atoms with E-state index in [1.54, 1.807) is 55.5 Å². The minimum atomic E-state index is -1.00. The van der Waals surface area contributed by atoms with Crippen molar-refractivity contribution in [2.45, 2.75) is 26.5 Å². The molecule has 8 nitrogen and oxygen atoms in total. The van der Waals surface area contributed by atoms with Crippen LogP contribution in [0, 0.1) is 0 Å². The number of amides is 2. The Bertz CT molecular complexity index is 1080. The highest BCUT2D eigenvalue weighted by Gasteiger charge is 2.41. The van der Waals surface area contributed by atoms with E-state index < -0.39 is 29.1 Å². The van der Waals surface area contributed by atoms with E-state index >= 15 is 0 Å². The Morgan fingerprint density at radius 3 is 2.53 bits per heavy atom. The van der Waals surface area contributed by atoms with Gasteiger partial charge in [-0.25, -0.2) is 9.59 Å². The summed E-state index contributed by atoms with van der Waals surface area (Å²) in [6, 6.07) is 12.4. The summed E-state index contributed by atoms with van der Waals surface area (Å²) in [7, 11) is 0. The van der Waals surface area contributed by atoms with E-state index in [0.717, 1.165) is 22.2 Å². The molecule has 1 N–H and O–H groups in total. The molecule has 0 radical (unpaired) electrons. The number of carboxylic acid groups (broad SMARTS) is 1. The summed E-state index contributed by atoms with van der Waals surface area (Å²) >= 11 is 0.767. The molecule has 1 aliphatic heterocycles. The number of benzene rings is 2. The summed E-state index contributed by atoms with van der Waals surface area (Å²) in [5, 5.41) is 8.53. The topological polar surface area (TPSA) is 110 Å². The van der Waals surface area contributed by atoms with Crippen molar-refractivity contribution in [3.63, 3.8) is 0 Å². The maximum absolute atomic E-state index is 12.6. The summed E-state index contributed by atoms with van der Waals surface area (Å²) in [6.07, 6.45) is 1.57. The van der Waals surface area contributed by atoms with Crippen LogP contribution < -0.4 is 4.74 Å². The van der Waals surface area contributed by atoms with E-state index in [1.165, 1.54) is 13.0 Å². The van der Waals surface area contributed by atoms with Crippen LogP contribution in [0.4, 0.5) is 4.79 Å². The molecular weight excluding hydrogens is 434 g/mol. The molecule has 32 heavy (non-hydrogen) atoms. The average molecular weight is 455 g/mol. The van der Waals surface area contributed by atoms with Crippen LogP contribution in [0.3, 0.4) is 0 Å². The molecule has 1 aliphatic rings. The van der Waals surface area contributed by atoms with Gasteiger partial charge in [0.25, 0.3) is 11.1 Å². The number of nitrogens with zero attached hydrogens (tertiary/aromatic N) is 1. The Kier molecular flexibility index (Phi) is 7.32. The van der Waals surface area contributed by atoms with E-state index in [2.05, 4.69) is 0 Å². The summed E-state index contributed by atoms with van der Waals surface area (Å²) in [5.74, 6) is -1.62. The van der Waals surface area contributed by atoms with E-state index in [0.29, 0.717) is 11.3 Å². The zero-order valence-corrected chi connectivity index (χ0v) is 18.3. The van der Waals surface area contributed by atoms with Crippen molar-refractivity contribution in [2.75, 3.05) is 6.61 Å². The Labute approximate surface area is 188 Å². The number of hydrogen-bond donors (Lipinski definition) is 1. The minimum Gasteiger partial charge on any atom is -0.489 e. The second-order valence-corrected chi connectivity index (χ2v) is 7.84. The standard InChI is InChI=1S/C23H21NO7S/c1-3-30-22(28)14(2)24-20(25)19(32-23(24)29)12-15-7-9-18(10-8-15)31-13-16-5-4-6-17(11-16)21(26)27/h4-12,14H,3,13H2,1-2H3,(H,26,27)/b19-12+/t14-/m1/s1. The highest BCUT2D eigenvalue weighted by atomic mass is 32.2. The fourth-order valence-corrected chi connectivity index (χ4v) is 3.86. The number of ether oxygens (including phenoxy) is 2. The third-order valence-corrected chi connectivity index (χ3v) is 5.48. The Morgan fingerprint density at radius 1 is 1.16 bits per heavy atom. The van der Waals surface area contributed by atoms with Gasteiger partial charge in [0.05, 0.1) is 17.1 Å². The molecule has 1 saturated heterocycles. The molecule has 1 fully saturated rings. The largest absolute Gasteiger partial charge is 0.489 e. The Balaban J connectivity index is 1.65. The molecule has 2 aromatic rings. The van der Waals surface area contributed by atoms with Crippen molar-refractivity contribution in [3.05, 3.63) is 70.1 Å². The van der Waals surface area contributed by atoms with Gasteiger partial charge in [-0.15, -0.1) is 0 Å². The lowest BCUT2D eigenvalue weighted by molar-refractivity contribution is -0.150. The Morgan fingerprint density at radius 2 is 1.88 bits per heavy atom. The van der Waals surface area contributed by atoms with E-state index in [4.69, 9.17) is 14.6 Å². The van der Waals surface area contributed by atoms with Gasteiger partial charge in [-0.2, -0.15) is 0 Å². The molecule has 166 valence electrons. The molecule has 0 unspecified atom stereocenters. The minimum absolute atomic E-state index is 0.161. The van der Waals surface area contributed by atoms with Crippen LogP contribution in [0.1, 0.15) is 35.3 Å². The van der Waals surface area contributed by atoms with E-state index in [-0.39, 0.29) is 23.7 Å². The van der Waals surface area contributed by atoms with Crippen molar-refractivity contribution in [1.82, 2.24) is 4.90 Å². The third kappa shape index (κ3) is 5.36. The SMILES string of the molecule is CCOC(=O)[C@@H](C)N1C(=O)S/C(=C/c2ccc(OCc3cccc(C(=O)O)c3)cc2)C1=O. The van der Waals surface area contributed by atoms with Gasteiger partial charge in [0.1, 0.15) is 18.4 Å². The lowest BCUT2D eigenvalue weighted by Gasteiger charge is -2.19. The van der Waals surface area contributed by atoms with Crippen LogP contribution in [-0.4, -0.2) is 45.7 Å². The molecule has 0 aromatic heterocycles. The molecule has 0 saturated carbocycles. The predicted octanol–water partition coefficient (Wildman–Crippen LogP) is 3.95. The molecule has 0 aliphatic carbocycles. The number of carbonyl (C=O) groups excluding carboxylic acids is 3. The van der Waals surface area contributed by atoms with Gasteiger partial charge in [0.2, 0.25) is 0 Å². The van der Waals surface area contributed by atoms with Crippen LogP contribution in [0.25, 0.3) is 6.08 Å². The molecule has 1 heterocycles. The monoisotopic (exact) mass is 455 g/mol. The van der Waals surface area contributed by atoms with Crippen molar-refractivity contribution in [2.24, 2.45) is 0 Å². The lowest BCUT2D eigenvalue weighted by atomic mass is 10.1. The van der Waals surface area contributed by atoms with Gasteiger partial charge < -0.3 is 14.6 Å². The lowest BCUT2D eigenvalue weighted by Crippen LogP contribution is -2.42. The summed E-state index contributed by atoms with van der Waals surface area (Å²) in [5.41, 5.74) is 1.59. The molecule has 0 bridgehead atoms.